The van der Waals surface area contributed by atoms with Gasteiger partial charge in [-0.25, -0.2) is 9.48 Å². The molecule has 0 unspecified atom stereocenters. The number of hydrogen-bond donors (Lipinski definition) is 1. The van der Waals surface area contributed by atoms with Gasteiger partial charge in [-0.3, -0.25) is 0 Å². The van der Waals surface area contributed by atoms with Crippen LogP contribution >= 0.6 is 0 Å². The molecule has 15 heavy (non-hydrogen) atoms. The molecule has 0 aliphatic rings. The molecule has 0 bridgehead atoms. The van der Waals surface area contributed by atoms with Crippen LogP contribution in [0.3, 0.4) is 0 Å². The van der Waals surface area contributed by atoms with Crippen molar-refractivity contribution >= 4 is 5.97 Å². The summed E-state index contributed by atoms with van der Waals surface area (Å²) in [5, 5.41) is 12.1. The normalized spacial score (nSPS) is 11.5. The molecule has 0 spiro atoms. The second-order valence-corrected chi connectivity index (χ2v) is 2.97. The number of hydrogen-bond acceptors (Lipinski definition) is 3. The van der Waals surface area contributed by atoms with E-state index in [1.54, 1.807) is 0 Å². The molecule has 0 saturated carbocycles. The van der Waals surface area contributed by atoms with Gasteiger partial charge in [0.25, 0.3) is 0 Å². The monoisotopic (exact) mass is 220 g/mol. The number of alkyl halides is 2. The Balaban J connectivity index is 3.42. The average molecular weight is 220 g/mol. The van der Waals surface area contributed by atoms with Crippen molar-refractivity contribution in [3.63, 3.8) is 0 Å². The second kappa shape index (κ2) is 3.48. The smallest absolute Gasteiger partial charge is 0.379 e. The first-order chi connectivity index (χ1) is 6.82. The standard InChI is InChI=1S/C8H10F2N2O3/c1-4-5(8(9,10)7(13)14)6(15-3)12(2)11-4/h1-3H3,(H,13,14). The molecular formula is C8H10F2N2O3. The van der Waals surface area contributed by atoms with Crippen molar-refractivity contribution in [3.8, 4) is 5.88 Å². The maximum Gasteiger partial charge on any atom is 0.379 e. The van der Waals surface area contributed by atoms with Crippen LogP contribution in [0.4, 0.5) is 8.78 Å². The molecule has 84 valence electrons. The summed E-state index contributed by atoms with van der Waals surface area (Å²) in [6, 6.07) is 0. The molecule has 0 aliphatic heterocycles. The summed E-state index contributed by atoms with van der Waals surface area (Å²) in [5.41, 5.74) is -0.776. The van der Waals surface area contributed by atoms with E-state index in [1.807, 2.05) is 0 Å². The summed E-state index contributed by atoms with van der Waals surface area (Å²) < 4.78 is 32.3. The van der Waals surface area contributed by atoms with Gasteiger partial charge in [0.05, 0.1) is 12.8 Å². The van der Waals surface area contributed by atoms with Crippen molar-refractivity contribution in [2.45, 2.75) is 12.8 Å². The van der Waals surface area contributed by atoms with Crippen LogP contribution in [-0.2, 0) is 17.8 Å². The van der Waals surface area contributed by atoms with E-state index < -0.39 is 17.5 Å². The number of nitrogens with zero attached hydrogens (tertiary/aromatic N) is 2. The predicted molar refractivity (Wildman–Crippen MR) is 46.0 cm³/mol. The Kier molecular flexibility index (Phi) is 2.65. The minimum Gasteiger partial charge on any atom is -0.481 e. The van der Waals surface area contributed by atoms with Crippen molar-refractivity contribution in [2.24, 2.45) is 7.05 Å². The number of carbonyl (C=O) groups is 1. The van der Waals surface area contributed by atoms with E-state index in [9.17, 15) is 13.6 Å². The molecule has 0 amide bonds. The van der Waals surface area contributed by atoms with E-state index in [-0.39, 0.29) is 11.6 Å². The van der Waals surface area contributed by atoms with Gasteiger partial charge in [0.2, 0.25) is 5.88 Å². The van der Waals surface area contributed by atoms with Gasteiger partial charge >= 0.3 is 11.9 Å². The Bertz CT molecular complexity index is 401. The first-order valence-electron chi connectivity index (χ1n) is 4.01. The van der Waals surface area contributed by atoms with Crippen LogP contribution < -0.4 is 4.74 Å². The van der Waals surface area contributed by atoms with E-state index in [1.165, 1.54) is 21.1 Å². The first-order valence-corrected chi connectivity index (χ1v) is 4.01. The SMILES string of the molecule is COc1c(C(F)(F)C(=O)O)c(C)nn1C. The number of methoxy groups -OCH3 is 1. The van der Waals surface area contributed by atoms with Gasteiger partial charge in [-0.1, -0.05) is 0 Å². The molecule has 0 aromatic carbocycles. The molecule has 0 aliphatic carbocycles. The Morgan fingerprint density at radius 2 is 2.13 bits per heavy atom. The summed E-state index contributed by atoms with van der Waals surface area (Å²) in [5.74, 6) is -6.47. The molecule has 0 atom stereocenters. The lowest BCUT2D eigenvalue weighted by Crippen LogP contribution is -2.26. The number of aliphatic carboxylic acids is 1. The van der Waals surface area contributed by atoms with Crippen molar-refractivity contribution < 1.29 is 23.4 Å². The van der Waals surface area contributed by atoms with Crippen LogP contribution in [0, 0.1) is 6.92 Å². The van der Waals surface area contributed by atoms with E-state index in [2.05, 4.69) is 5.10 Å². The topological polar surface area (TPSA) is 64.3 Å². The van der Waals surface area contributed by atoms with Gasteiger partial charge in [0.15, 0.2) is 0 Å². The maximum atomic E-state index is 13.3. The number of aromatic nitrogens is 2. The minimum absolute atomic E-state index is 0.0678. The van der Waals surface area contributed by atoms with Crippen molar-refractivity contribution in [1.82, 2.24) is 9.78 Å². The maximum absolute atomic E-state index is 13.3. The molecule has 0 fully saturated rings. The zero-order valence-electron chi connectivity index (χ0n) is 8.41. The van der Waals surface area contributed by atoms with Crippen molar-refractivity contribution in [2.75, 3.05) is 7.11 Å². The van der Waals surface area contributed by atoms with Gasteiger partial charge in [0.1, 0.15) is 5.56 Å². The minimum atomic E-state index is -4.00. The summed E-state index contributed by atoms with van der Waals surface area (Å²) in [7, 11) is 2.57. The average Bonchev–Trinajstić information content (AvgIpc) is 2.40. The molecule has 1 heterocycles. The van der Waals surface area contributed by atoms with Crippen LogP contribution in [-0.4, -0.2) is 28.0 Å². The van der Waals surface area contributed by atoms with E-state index >= 15 is 0 Å². The zero-order chi connectivity index (χ0) is 11.8. The molecule has 5 nitrogen and oxygen atoms in total. The quantitative estimate of drug-likeness (QED) is 0.822. The van der Waals surface area contributed by atoms with Crippen LogP contribution in [0.15, 0.2) is 0 Å². The Hall–Kier alpha value is -1.66. The lowest BCUT2D eigenvalue weighted by molar-refractivity contribution is -0.166. The lowest BCUT2D eigenvalue weighted by Gasteiger charge is -2.12. The Morgan fingerprint density at radius 1 is 1.60 bits per heavy atom. The summed E-state index contributed by atoms with van der Waals surface area (Å²) in [6.07, 6.45) is 0. The highest BCUT2D eigenvalue weighted by molar-refractivity contribution is 5.78. The van der Waals surface area contributed by atoms with Crippen LogP contribution in [0.25, 0.3) is 0 Å². The predicted octanol–water partition coefficient (Wildman–Crippen LogP) is 0.914. The highest BCUT2D eigenvalue weighted by atomic mass is 19.3. The van der Waals surface area contributed by atoms with E-state index in [4.69, 9.17) is 9.84 Å². The number of carboxylic acid groups (broad SMARTS) is 1. The third-order valence-corrected chi connectivity index (χ3v) is 1.95. The summed E-state index contributed by atoms with van der Waals surface area (Å²) in [4.78, 5) is 10.4. The van der Waals surface area contributed by atoms with Crippen LogP contribution in [0.5, 0.6) is 5.88 Å². The molecule has 1 N–H and O–H groups in total. The second-order valence-electron chi connectivity index (χ2n) is 2.97. The Morgan fingerprint density at radius 3 is 2.53 bits per heavy atom. The molecule has 0 radical (unpaired) electrons. The third-order valence-electron chi connectivity index (χ3n) is 1.95. The van der Waals surface area contributed by atoms with Gasteiger partial charge in [0, 0.05) is 7.05 Å². The number of halogens is 2. The van der Waals surface area contributed by atoms with E-state index in [0.717, 1.165) is 4.68 Å². The largest absolute Gasteiger partial charge is 0.481 e. The van der Waals surface area contributed by atoms with Gasteiger partial charge in [-0.2, -0.15) is 13.9 Å². The lowest BCUT2D eigenvalue weighted by atomic mass is 10.1. The first kappa shape index (κ1) is 11.4. The number of ether oxygens (including phenoxy) is 1. The van der Waals surface area contributed by atoms with Gasteiger partial charge in [-0.15, -0.1) is 0 Å². The third kappa shape index (κ3) is 1.64. The number of rotatable bonds is 3. The molecule has 7 heteroatoms. The molecule has 1 rings (SSSR count). The molecule has 1 aromatic rings. The summed E-state index contributed by atoms with van der Waals surface area (Å²) >= 11 is 0. The molecule has 0 saturated heterocycles. The fraction of sp³-hybridized carbons (Fsp3) is 0.500. The number of carboxylic acids is 1. The van der Waals surface area contributed by atoms with Crippen LogP contribution in [0.1, 0.15) is 11.3 Å². The van der Waals surface area contributed by atoms with Crippen molar-refractivity contribution in [3.05, 3.63) is 11.3 Å². The molecule has 1 aromatic heterocycles. The fourth-order valence-electron chi connectivity index (χ4n) is 1.34. The molecular weight excluding hydrogens is 210 g/mol. The van der Waals surface area contributed by atoms with Gasteiger partial charge in [-0.05, 0) is 6.92 Å². The fourth-order valence-corrected chi connectivity index (χ4v) is 1.34. The van der Waals surface area contributed by atoms with E-state index in [0.29, 0.717) is 0 Å². The highest BCUT2D eigenvalue weighted by Crippen LogP contribution is 2.37. The number of aryl methyl sites for hydroxylation is 2. The summed E-state index contributed by atoms with van der Waals surface area (Å²) in [6.45, 7) is 1.30. The zero-order valence-corrected chi connectivity index (χ0v) is 8.41. The Labute approximate surface area is 84.3 Å². The van der Waals surface area contributed by atoms with Gasteiger partial charge < -0.3 is 9.84 Å². The van der Waals surface area contributed by atoms with Crippen molar-refractivity contribution in [1.29, 1.82) is 0 Å². The highest BCUT2D eigenvalue weighted by Gasteiger charge is 2.47. The van der Waals surface area contributed by atoms with Crippen LogP contribution in [0.2, 0.25) is 0 Å².